The molecular weight excluding hydrogens is 408 g/mol. The van der Waals surface area contributed by atoms with Crippen molar-refractivity contribution in [1.29, 1.82) is 0 Å². The molecule has 4 aromatic rings. The highest BCUT2D eigenvalue weighted by Gasteiger charge is 2.12. The Bertz CT molecular complexity index is 1060. The molecule has 2 aromatic heterocycles. The van der Waals surface area contributed by atoms with Gasteiger partial charge in [0.2, 0.25) is 5.89 Å². The molecule has 0 aliphatic rings. The third-order valence-electron chi connectivity index (χ3n) is 3.92. The SMILES string of the molecule is C=C(c1ccccc1OCc1nnc(-c2ccc(Br)cc2)o1)n1ccnc1. The Hall–Kier alpha value is -3.19. The van der Waals surface area contributed by atoms with Gasteiger partial charge in [-0.1, -0.05) is 34.6 Å². The number of para-hydroxylation sites is 1. The summed E-state index contributed by atoms with van der Waals surface area (Å²) in [6.45, 7) is 4.29. The predicted molar refractivity (Wildman–Crippen MR) is 105 cm³/mol. The van der Waals surface area contributed by atoms with Gasteiger partial charge in [-0.2, -0.15) is 0 Å². The van der Waals surface area contributed by atoms with E-state index in [1.165, 1.54) is 0 Å². The smallest absolute Gasteiger partial charge is 0.254 e. The van der Waals surface area contributed by atoms with Crippen LogP contribution in [0.4, 0.5) is 0 Å². The van der Waals surface area contributed by atoms with Gasteiger partial charge in [-0.3, -0.25) is 0 Å². The van der Waals surface area contributed by atoms with Crippen molar-refractivity contribution in [3.63, 3.8) is 0 Å². The van der Waals surface area contributed by atoms with Gasteiger partial charge in [0, 0.05) is 28.0 Å². The summed E-state index contributed by atoms with van der Waals surface area (Å²) in [7, 11) is 0. The Morgan fingerprint density at radius 3 is 2.70 bits per heavy atom. The normalized spacial score (nSPS) is 10.7. The van der Waals surface area contributed by atoms with Crippen LogP contribution in [0.2, 0.25) is 0 Å². The summed E-state index contributed by atoms with van der Waals surface area (Å²) in [6.07, 6.45) is 5.24. The van der Waals surface area contributed by atoms with Crippen molar-refractivity contribution < 1.29 is 9.15 Å². The quantitative estimate of drug-likeness (QED) is 0.446. The maximum Gasteiger partial charge on any atom is 0.254 e. The van der Waals surface area contributed by atoms with E-state index < -0.39 is 0 Å². The van der Waals surface area contributed by atoms with Crippen molar-refractivity contribution in [2.24, 2.45) is 0 Å². The van der Waals surface area contributed by atoms with Crippen molar-refractivity contribution in [1.82, 2.24) is 19.7 Å². The molecule has 27 heavy (non-hydrogen) atoms. The van der Waals surface area contributed by atoms with Crippen molar-refractivity contribution in [3.05, 3.63) is 89.8 Å². The van der Waals surface area contributed by atoms with Crippen molar-refractivity contribution in [3.8, 4) is 17.2 Å². The lowest BCUT2D eigenvalue weighted by Gasteiger charge is -2.12. The molecule has 6 nitrogen and oxygen atoms in total. The number of hydrogen-bond acceptors (Lipinski definition) is 5. The predicted octanol–water partition coefficient (Wildman–Crippen LogP) is 4.79. The molecule has 2 heterocycles. The van der Waals surface area contributed by atoms with Crippen LogP contribution in [0.25, 0.3) is 17.2 Å². The fourth-order valence-electron chi connectivity index (χ4n) is 2.55. The minimum atomic E-state index is 0.164. The summed E-state index contributed by atoms with van der Waals surface area (Å²) in [4.78, 5) is 4.05. The number of aromatic nitrogens is 4. The first kappa shape index (κ1) is 17.2. The number of halogens is 1. The lowest BCUT2D eigenvalue weighted by molar-refractivity contribution is 0.264. The molecule has 134 valence electrons. The maximum atomic E-state index is 5.91. The van der Waals surface area contributed by atoms with Crippen LogP contribution in [0.5, 0.6) is 5.75 Å². The highest BCUT2D eigenvalue weighted by atomic mass is 79.9. The Balaban J connectivity index is 1.50. The number of nitrogens with zero attached hydrogens (tertiary/aromatic N) is 4. The van der Waals surface area contributed by atoms with Gasteiger partial charge in [-0.05, 0) is 36.4 Å². The van der Waals surface area contributed by atoms with E-state index in [2.05, 4.69) is 37.7 Å². The number of benzene rings is 2. The third-order valence-corrected chi connectivity index (χ3v) is 4.45. The number of ether oxygens (including phenoxy) is 1. The molecular formula is C20H15BrN4O2. The lowest BCUT2D eigenvalue weighted by atomic mass is 10.1. The van der Waals surface area contributed by atoms with Gasteiger partial charge in [-0.15, -0.1) is 10.2 Å². The molecule has 0 N–H and O–H groups in total. The molecule has 0 unspecified atom stereocenters. The Morgan fingerprint density at radius 1 is 1.11 bits per heavy atom. The van der Waals surface area contributed by atoms with Crippen molar-refractivity contribution in [2.45, 2.75) is 6.61 Å². The molecule has 0 bridgehead atoms. The van der Waals surface area contributed by atoms with E-state index in [0.717, 1.165) is 21.3 Å². The fraction of sp³-hybridized carbons (Fsp3) is 0.0500. The van der Waals surface area contributed by atoms with E-state index in [0.29, 0.717) is 17.5 Å². The second-order valence-corrected chi connectivity index (χ2v) is 6.63. The molecule has 0 aliphatic heterocycles. The van der Waals surface area contributed by atoms with Gasteiger partial charge in [0.25, 0.3) is 5.89 Å². The highest BCUT2D eigenvalue weighted by Crippen LogP contribution is 2.27. The molecule has 0 atom stereocenters. The molecule has 4 rings (SSSR count). The second-order valence-electron chi connectivity index (χ2n) is 5.71. The summed E-state index contributed by atoms with van der Waals surface area (Å²) in [6, 6.07) is 15.3. The molecule has 0 spiro atoms. The first-order chi connectivity index (χ1) is 13.2. The summed E-state index contributed by atoms with van der Waals surface area (Å²) in [5, 5.41) is 8.15. The van der Waals surface area contributed by atoms with E-state index in [9.17, 15) is 0 Å². The van der Waals surface area contributed by atoms with Crippen LogP contribution in [-0.2, 0) is 6.61 Å². The molecule has 0 saturated heterocycles. The van der Waals surface area contributed by atoms with Gasteiger partial charge < -0.3 is 13.7 Å². The van der Waals surface area contributed by atoms with E-state index in [4.69, 9.17) is 9.15 Å². The number of hydrogen-bond donors (Lipinski definition) is 0. The van der Waals surface area contributed by atoms with Crippen LogP contribution < -0.4 is 4.74 Å². The lowest BCUT2D eigenvalue weighted by Crippen LogP contribution is -2.01. The minimum absolute atomic E-state index is 0.164. The van der Waals surface area contributed by atoms with Crippen LogP contribution in [-0.4, -0.2) is 19.7 Å². The maximum absolute atomic E-state index is 5.91. The average molecular weight is 423 g/mol. The van der Waals surface area contributed by atoms with Crippen LogP contribution in [0, 0.1) is 0 Å². The largest absolute Gasteiger partial charge is 0.483 e. The Kier molecular flexibility index (Phi) is 4.84. The van der Waals surface area contributed by atoms with Crippen LogP contribution in [0.3, 0.4) is 0 Å². The molecule has 2 aromatic carbocycles. The topological polar surface area (TPSA) is 66.0 Å². The van der Waals surface area contributed by atoms with E-state index >= 15 is 0 Å². The van der Waals surface area contributed by atoms with E-state index in [1.54, 1.807) is 12.5 Å². The third kappa shape index (κ3) is 3.83. The highest BCUT2D eigenvalue weighted by molar-refractivity contribution is 9.10. The average Bonchev–Trinajstić information content (AvgIpc) is 3.39. The van der Waals surface area contributed by atoms with Gasteiger partial charge in [-0.25, -0.2) is 4.98 Å². The minimum Gasteiger partial charge on any atom is -0.483 e. The van der Waals surface area contributed by atoms with Crippen LogP contribution in [0.15, 0.2) is 82.7 Å². The van der Waals surface area contributed by atoms with Crippen LogP contribution in [0.1, 0.15) is 11.5 Å². The van der Waals surface area contributed by atoms with Gasteiger partial charge in [0.05, 0.1) is 12.0 Å². The zero-order chi connectivity index (χ0) is 18.6. The van der Waals surface area contributed by atoms with Crippen molar-refractivity contribution >= 4 is 21.6 Å². The number of rotatable bonds is 6. The molecule has 0 radical (unpaired) electrons. The first-order valence-corrected chi connectivity index (χ1v) is 8.98. The fourth-order valence-corrected chi connectivity index (χ4v) is 2.81. The van der Waals surface area contributed by atoms with E-state index in [-0.39, 0.29) is 6.61 Å². The second kappa shape index (κ2) is 7.59. The molecule has 0 fully saturated rings. The zero-order valence-corrected chi connectivity index (χ0v) is 15.8. The molecule has 0 saturated carbocycles. The van der Waals surface area contributed by atoms with Gasteiger partial charge in [0.15, 0.2) is 6.61 Å². The summed E-state index contributed by atoms with van der Waals surface area (Å²) >= 11 is 3.41. The zero-order valence-electron chi connectivity index (χ0n) is 14.2. The summed E-state index contributed by atoms with van der Waals surface area (Å²) in [5.74, 6) is 1.53. The Morgan fingerprint density at radius 2 is 1.93 bits per heavy atom. The molecule has 7 heteroatoms. The molecule has 0 amide bonds. The first-order valence-electron chi connectivity index (χ1n) is 8.18. The Labute approximate surface area is 164 Å². The summed E-state index contributed by atoms with van der Waals surface area (Å²) in [5.41, 5.74) is 2.48. The van der Waals surface area contributed by atoms with Crippen molar-refractivity contribution in [2.75, 3.05) is 0 Å². The monoisotopic (exact) mass is 422 g/mol. The van der Waals surface area contributed by atoms with E-state index in [1.807, 2.05) is 59.3 Å². The van der Waals surface area contributed by atoms with Crippen LogP contribution >= 0.6 is 15.9 Å². The van der Waals surface area contributed by atoms with Gasteiger partial charge in [0.1, 0.15) is 5.75 Å². The summed E-state index contributed by atoms with van der Waals surface area (Å²) < 4.78 is 14.4. The standard InChI is InChI=1S/C20H15BrN4O2/c1-14(25-11-10-22-13-25)17-4-2-3-5-18(17)26-12-19-23-24-20(27-19)15-6-8-16(21)9-7-15/h2-11,13H,1,12H2. The molecule has 0 aliphatic carbocycles. The van der Waals surface area contributed by atoms with Gasteiger partial charge >= 0.3 is 0 Å². The number of imidazole rings is 1.